The van der Waals surface area contributed by atoms with Crippen LogP contribution in [0.25, 0.3) is 0 Å². The molecule has 3 heteroatoms. The van der Waals surface area contributed by atoms with E-state index in [-0.39, 0.29) is 18.6 Å². The van der Waals surface area contributed by atoms with E-state index in [2.05, 4.69) is 24.3 Å². The van der Waals surface area contributed by atoms with Gasteiger partial charge in [0.25, 0.3) is 0 Å². The Morgan fingerprint density at radius 3 is 2.76 bits per heavy atom. The topological polar surface area (TPSA) is 29.5 Å². The number of amides is 1. The first-order chi connectivity index (χ1) is 10.3. The number of ether oxygens (including phenoxy) is 1. The Morgan fingerprint density at radius 1 is 1.19 bits per heavy atom. The van der Waals surface area contributed by atoms with E-state index in [1.165, 1.54) is 24.0 Å². The van der Waals surface area contributed by atoms with Gasteiger partial charge in [0.2, 0.25) is 5.91 Å². The average Bonchev–Trinajstić information content (AvgIpc) is 3.05. The highest BCUT2D eigenvalue weighted by Crippen LogP contribution is 2.33. The number of nitrogens with zero attached hydrogens (tertiary/aromatic N) is 1. The van der Waals surface area contributed by atoms with E-state index in [1.807, 2.05) is 11.9 Å². The van der Waals surface area contributed by atoms with Gasteiger partial charge in [-0.05, 0) is 43.2 Å². The molecule has 21 heavy (non-hydrogen) atoms. The van der Waals surface area contributed by atoms with Gasteiger partial charge in [-0.1, -0.05) is 37.1 Å². The van der Waals surface area contributed by atoms with Crippen molar-refractivity contribution < 1.29 is 9.53 Å². The van der Waals surface area contributed by atoms with Crippen LogP contribution in [0, 0.1) is 0 Å². The van der Waals surface area contributed by atoms with Gasteiger partial charge >= 0.3 is 0 Å². The molecule has 0 aromatic heterocycles. The lowest BCUT2D eigenvalue weighted by Crippen LogP contribution is -2.36. The molecule has 114 valence electrons. The number of benzene rings is 1. The van der Waals surface area contributed by atoms with Crippen molar-refractivity contribution in [2.75, 3.05) is 13.7 Å². The number of rotatable bonds is 4. The maximum Gasteiger partial charge on any atom is 0.248 e. The zero-order valence-corrected chi connectivity index (χ0v) is 12.9. The van der Waals surface area contributed by atoms with Crippen molar-refractivity contribution in [1.82, 2.24) is 4.90 Å². The molecule has 1 aromatic rings. The Morgan fingerprint density at radius 2 is 1.95 bits per heavy atom. The number of hydrogen-bond acceptors (Lipinski definition) is 2. The monoisotopic (exact) mass is 287 g/mol. The zero-order valence-electron chi connectivity index (χ0n) is 12.9. The third-order valence-corrected chi connectivity index (χ3v) is 4.94. The lowest BCUT2D eigenvalue weighted by Gasteiger charge is -2.33. The van der Waals surface area contributed by atoms with Crippen molar-refractivity contribution in [1.29, 1.82) is 0 Å². The Bertz CT molecular complexity index is 494. The highest BCUT2D eigenvalue weighted by molar-refractivity contribution is 5.77. The first-order valence-corrected chi connectivity index (χ1v) is 8.21. The number of carbonyl (C=O) groups excluding carboxylic acids is 1. The maximum absolute atomic E-state index is 12.4. The second-order valence-electron chi connectivity index (χ2n) is 6.33. The van der Waals surface area contributed by atoms with Gasteiger partial charge in [-0.25, -0.2) is 0 Å². The predicted molar refractivity (Wildman–Crippen MR) is 83.1 cm³/mol. The molecule has 1 unspecified atom stereocenters. The molecule has 1 aromatic carbocycles. The fourth-order valence-electron chi connectivity index (χ4n) is 3.65. The first kappa shape index (κ1) is 14.6. The molecular formula is C18H25NO2. The molecule has 2 aliphatic rings. The molecule has 0 saturated heterocycles. The molecule has 0 aliphatic heterocycles. The molecule has 3 rings (SSSR count). The van der Waals surface area contributed by atoms with Crippen LogP contribution in [0.5, 0.6) is 0 Å². The van der Waals surface area contributed by atoms with Gasteiger partial charge in [0, 0.05) is 7.05 Å². The van der Waals surface area contributed by atoms with Crippen molar-refractivity contribution in [3.63, 3.8) is 0 Å². The van der Waals surface area contributed by atoms with Gasteiger partial charge in [0.05, 0.1) is 12.1 Å². The largest absolute Gasteiger partial charge is 0.368 e. The second-order valence-corrected chi connectivity index (χ2v) is 6.33. The minimum Gasteiger partial charge on any atom is -0.368 e. The summed E-state index contributed by atoms with van der Waals surface area (Å²) in [6, 6.07) is 8.74. The summed E-state index contributed by atoms with van der Waals surface area (Å²) in [5.41, 5.74) is 2.71. The standard InChI is InChI=1S/C18H25NO2/c1-19(18(20)13-21-15-9-3-4-10-15)17-12-6-8-14-7-2-5-11-16(14)17/h2,5,7,11,15,17H,3-4,6,8-10,12-13H2,1H3. The fraction of sp³-hybridized carbons (Fsp3) is 0.611. The Hall–Kier alpha value is -1.35. The molecule has 1 atom stereocenters. The molecular weight excluding hydrogens is 262 g/mol. The average molecular weight is 287 g/mol. The van der Waals surface area contributed by atoms with Crippen molar-refractivity contribution in [2.24, 2.45) is 0 Å². The van der Waals surface area contributed by atoms with Crippen LogP contribution >= 0.6 is 0 Å². The Labute approximate surface area is 127 Å². The first-order valence-electron chi connectivity index (χ1n) is 8.21. The molecule has 0 bridgehead atoms. The van der Waals surface area contributed by atoms with Crippen LogP contribution in [0.1, 0.15) is 55.7 Å². The third kappa shape index (κ3) is 3.29. The Balaban J connectivity index is 1.62. The quantitative estimate of drug-likeness (QED) is 0.848. The van der Waals surface area contributed by atoms with Crippen molar-refractivity contribution in [2.45, 2.75) is 57.1 Å². The van der Waals surface area contributed by atoms with Crippen LogP contribution in [-0.2, 0) is 16.0 Å². The normalized spacial score (nSPS) is 22.0. The molecule has 1 amide bonds. The number of aryl methyl sites for hydroxylation is 1. The van der Waals surface area contributed by atoms with E-state index in [0.717, 1.165) is 32.1 Å². The van der Waals surface area contributed by atoms with Crippen LogP contribution in [0.2, 0.25) is 0 Å². The fourth-order valence-corrected chi connectivity index (χ4v) is 3.65. The van der Waals surface area contributed by atoms with Gasteiger partial charge < -0.3 is 9.64 Å². The summed E-state index contributed by atoms with van der Waals surface area (Å²) in [7, 11) is 1.92. The van der Waals surface area contributed by atoms with Crippen LogP contribution in [0.15, 0.2) is 24.3 Å². The minimum absolute atomic E-state index is 0.114. The minimum atomic E-state index is 0.114. The molecule has 0 heterocycles. The summed E-state index contributed by atoms with van der Waals surface area (Å²) in [5.74, 6) is 0.114. The molecule has 2 aliphatic carbocycles. The molecule has 0 N–H and O–H groups in total. The summed E-state index contributed by atoms with van der Waals surface area (Å²) < 4.78 is 5.77. The van der Waals surface area contributed by atoms with E-state index in [9.17, 15) is 4.79 Å². The van der Waals surface area contributed by atoms with E-state index in [0.29, 0.717) is 6.10 Å². The molecule has 1 saturated carbocycles. The van der Waals surface area contributed by atoms with Crippen molar-refractivity contribution >= 4 is 5.91 Å². The van der Waals surface area contributed by atoms with Gasteiger partial charge in [-0.3, -0.25) is 4.79 Å². The van der Waals surface area contributed by atoms with Crippen LogP contribution in [0.3, 0.4) is 0 Å². The van der Waals surface area contributed by atoms with Crippen LogP contribution < -0.4 is 0 Å². The van der Waals surface area contributed by atoms with Gasteiger partial charge in [0.1, 0.15) is 6.61 Å². The second kappa shape index (κ2) is 6.61. The summed E-state index contributed by atoms with van der Waals surface area (Å²) >= 11 is 0. The summed E-state index contributed by atoms with van der Waals surface area (Å²) in [4.78, 5) is 14.3. The van der Waals surface area contributed by atoms with Gasteiger partial charge in [-0.2, -0.15) is 0 Å². The number of hydrogen-bond donors (Lipinski definition) is 0. The van der Waals surface area contributed by atoms with E-state index >= 15 is 0 Å². The third-order valence-electron chi connectivity index (χ3n) is 4.94. The summed E-state index contributed by atoms with van der Waals surface area (Å²) in [6.07, 6.45) is 8.36. The highest BCUT2D eigenvalue weighted by atomic mass is 16.5. The SMILES string of the molecule is CN(C(=O)COC1CCCC1)C1CCCc2ccccc21. The predicted octanol–water partition coefficient (Wildman–Crippen LogP) is 3.48. The van der Waals surface area contributed by atoms with E-state index in [4.69, 9.17) is 4.74 Å². The lowest BCUT2D eigenvalue weighted by atomic mass is 9.87. The van der Waals surface area contributed by atoms with Crippen molar-refractivity contribution in [3.05, 3.63) is 35.4 Å². The highest BCUT2D eigenvalue weighted by Gasteiger charge is 2.27. The van der Waals surface area contributed by atoms with E-state index in [1.54, 1.807) is 0 Å². The van der Waals surface area contributed by atoms with Gasteiger partial charge in [0.15, 0.2) is 0 Å². The molecule has 0 radical (unpaired) electrons. The van der Waals surface area contributed by atoms with Gasteiger partial charge in [-0.15, -0.1) is 0 Å². The number of likely N-dealkylation sites (N-methyl/N-ethyl adjacent to an activating group) is 1. The van der Waals surface area contributed by atoms with Crippen LogP contribution in [0.4, 0.5) is 0 Å². The smallest absolute Gasteiger partial charge is 0.248 e. The maximum atomic E-state index is 12.4. The lowest BCUT2D eigenvalue weighted by molar-refractivity contribution is -0.139. The molecule has 3 nitrogen and oxygen atoms in total. The number of fused-ring (bicyclic) bond motifs is 1. The number of carbonyl (C=O) groups is 1. The summed E-state index contributed by atoms with van der Waals surface area (Å²) in [5, 5.41) is 0. The van der Waals surface area contributed by atoms with Crippen molar-refractivity contribution in [3.8, 4) is 0 Å². The molecule has 0 spiro atoms. The molecule has 1 fully saturated rings. The summed E-state index contributed by atoms with van der Waals surface area (Å²) in [6.45, 7) is 0.236. The Kier molecular flexibility index (Phi) is 4.59. The van der Waals surface area contributed by atoms with E-state index < -0.39 is 0 Å². The zero-order chi connectivity index (χ0) is 14.7. The van der Waals surface area contributed by atoms with Crippen LogP contribution in [-0.4, -0.2) is 30.6 Å².